The van der Waals surface area contributed by atoms with E-state index >= 15 is 0 Å². The van der Waals surface area contributed by atoms with Crippen LogP contribution in [-0.4, -0.2) is 0 Å². The molecule has 1 aliphatic rings. The van der Waals surface area contributed by atoms with Crippen LogP contribution in [0.15, 0.2) is 23.0 Å². The zero-order chi connectivity index (χ0) is 9.56. The number of allylic oxidation sites excluding steroid dienone is 4. The molecule has 1 nitrogen and oxygen atoms in total. The molecule has 12 heavy (non-hydrogen) atoms. The maximum Gasteiger partial charge on any atom is 0.118 e. The molecular formula is C10H14FN. The average molecular weight is 167 g/mol. The molecule has 0 radical (unpaired) electrons. The van der Waals surface area contributed by atoms with E-state index in [-0.39, 0.29) is 11.4 Å². The molecule has 0 spiro atoms. The van der Waals surface area contributed by atoms with Gasteiger partial charge in [-0.3, -0.25) is 0 Å². The topological polar surface area (TPSA) is 23.8 Å². The number of nitrogens with zero attached hydrogens (tertiary/aromatic N) is 1. The van der Waals surface area contributed by atoms with Crippen molar-refractivity contribution in [1.82, 2.24) is 0 Å². The first-order chi connectivity index (χ1) is 5.74. The lowest BCUT2D eigenvalue weighted by atomic mass is 10.0. The number of rotatable bonds is 0. The molecule has 1 aliphatic carbocycles. The highest BCUT2D eigenvalue weighted by molar-refractivity contribution is 5.40. The molecule has 0 fully saturated rings. The van der Waals surface area contributed by atoms with Gasteiger partial charge in [-0.2, -0.15) is 5.26 Å². The fraction of sp³-hybridized carbons (Fsp3) is 0.500. The van der Waals surface area contributed by atoms with Crippen LogP contribution in [0.4, 0.5) is 4.39 Å². The summed E-state index contributed by atoms with van der Waals surface area (Å²) in [5.74, 6) is -0.270. The Morgan fingerprint density at radius 2 is 2.00 bits per heavy atom. The van der Waals surface area contributed by atoms with Gasteiger partial charge in [-0.15, -0.1) is 0 Å². The lowest BCUT2D eigenvalue weighted by Crippen LogP contribution is -1.91. The Labute approximate surface area is 73.2 Å². The van der Waals surface area contributed by atoms with Crippen molar-refractivity contribution in [1.29, 1.82) is 5.26 Å². The molecule has 2 heteroatoms. The van der Waals surface area contributed by atoms with Gasteiger partial charge in [0.05, 0.1) is 5.57 Å². The SMILES string of the molecule is CC.CC1=CC(C#N)=C(F)CC1. The fourth-order valence-electron chi connectivity index (χ4n) is 0.931. The summed E-state index contributed by atoms with van der Waals surface area (Å²) in [7, 11) is 0. The molecule has 0 aromatic rings. The minimum Gasteiger partial charge on any atom is -0.210 e. The Bertz CT molecular complexity index is 243. The van der Waals surface area contributed by atoms with Crippen molar-refractivity contribution in [3.05, 3.63) is 23.0 Å². The van der Waals surface area contributed by atoms with Crippen LogP contribution in [0.5, 0.6) is 0 Å². The zero-order valence-corrected chi connectivity index (χ0v) is 7.82. The first kappa shape index (κ1) is 10.9. The van der Waals surface area contributed by atoms with E-state index in [0.717, 1.165) is 12.0 Å². The highest BCUT2D eigenvalue weighted by Gasteiger charge is 2.09. The van der Waals surface area contributed by atoms with Crippen molar-refractivity contribution >= 4 is 0 Å². The van der Waals surface area contributed by atoms with Crippen molar-refractivity contribution < 1.29 is 4.39 Å². The third-order valence-corrected chi connectivity index (χ3v) is 1.54. The van der Waals surface area contributed by atoms with Crippen LogP contribution >= 0.6 is 0 Å². The van der Waals surface area contributed by atoms with Gasteiger partial charge in [0.2, 0.25) is 0 Å². The summed E-state index contributed by atoms with van der Waals surface area (Å²) in [6, 6.07) is 1.81. The fourth-order valence-corrected chi connectivity index (χ4v) is 0.931. The molecular weight excluding hydrogens is 153 g/mol. The van der Waals surface area contributed by atoms with Crippen LogP contribution < -0.4 is 0 Å². The number of hydrogen-bond donors (Lipinski definition) is 0. The van der Waals surface area contributed by atoms with Crippen molar-refractivity contribution in [3.8, 4) is 6.07 Å². The number of halogens is 1. The van der Waals surface area contributed by atoms with E-state index in [1.165, 1.54) is 0 Å². The molecule has 1 rings (SSSR count). The van der Waals surface area contributed by atoms with Gasteiger partial charge in [-0.1, -0.05) is 19.4 Å². The maximum absolute atomic E-state index is 12.6. The largest absolute Gasteiger partial charge is 0.210 e. The molecule has 0 atom stereocenters. The third-order valence-electron chi connectivity index (χ3n) is 1.54. The van der Waals surface area contributed by atoms with Gasteiger partial charge in [0, 0.05) is 6.42 Å². The Morgan fingerprint density at radius 1 is 1.42 bits per heavy atom. The molecule has 0 N–H and O–H groups in total. The molecule has 66 valence electrons. The maximum atomic E-state index is 12.6. The second-order valence-corrected chi connectivity index (χ2v) is 2.42. The number of nitriles is 1. The molecule has 0 saturated heterocycles. The van der Waals surface area contributed by atoms with Gasteiger partial charge in [0.1, 0.15) is 11.9 Å². The molecule has 0 aromatic heterocycles. The minimum atomic E-state index is -0.270. The number of hydrogen-bond acceptors (Lipinski definition) is 1. The second-order valence-electron chi connectivity index (χ2n) is 2.42. The zero-order valence-electron chi connectivity index (χ0n) is 7.82. The predicted octanol–water partition coefficient (Wildman–Crippen LogP) is 3.50. The van der Waals surface area contributed by atoms with E-state index in [2.05, 4.69) is 0 Å². The standard InChI is InChI=1S/C8H8FN.C2H6/c1-6-2-3-8(9)7(4-6)5-10;1-2/h4H,2-3H2,1H3;1-2H3. The Balaban J connectivity index is 0.000000561. The van der Waals surface area contributed by atoms with Crippen molar-refractivity contribution in [2.45, 2.75) is 33.6 Å². The highest BCUT2D eigenvalue weighted by Crippen LogP contribution is 2.23. The molecule has 0 aromatic carbocycles. The van der Waals surface area contributed by atoms with Crippen molar-refractivity contribution in [2.24, 2.45) is 0 Å². The molecule has 0 bridgehead atoms. The summed E-state index contributed by atoms with van der Waals surface area (Å²) in [5.41, 5.74) is 1.28. The van der Waals surface area contributed by atoms with Crippen LogP contribution in [0.3, 0.4) is 0 Å². The first-order valence-corrected chi connectivity index (χ1v) is 4.20. The molecule has 0 unspecified atom stereocenters. The monoisotopic (exact) mass is 167 g/mol. The van der Waals surface area contributed by atoms with Crippen LogP contribution in [0.25, 0.3) is 0 Å². The second kappa shape index (κ2) is 5.54. The molecule has 0 amide bonds. The summed E-state index contributed by atoms with van der Waals surface area (Å²) >= 11 is 0. The molecule has 0 aliphatic heterocycles. The lowest BCUT2D eigenvalue weighted by Gasteiger charge is -2.06. The smallest absolute Gasteiger partial charge is 0.118 e. The summed E-state index contributed by atoms with van der Waals surface area (Å²) in [4.78, 5) is 0. The summed E-state index contributed by atoms with van der Waals surface area (Å²) in [6.07, 6.45) is 2.75. The highest BCUT2D eigenvalue weighted by atomic mass is 19.1. The quantitative estimate of drug-likeness (QED) is 0.541. The minimum absolute atomic E-state index is 0.198. The Kier molecular flexibility index (Phi) is 5.03. The summed E-state index contributed by atoms with van der Waals surface area (Å²) < 4.78 is 12.6. The van der Waals surface area contributed by atoms with Crippen LogP contribution in [0.1, 0.15) is 33.6 Å². The molecule has 0 heterocycles. The van der Waals surface area contributed by atoms with Gasteiger partial charge in [0.15, 0.2) is 0 Å². The molecule has 0 saturated carbocycles. The van der Waals surface area contributed by atoms with Crippen molar-refractivity contribution in [2.75, 3.05) is 0 Å². The van der Waals surface area contributed by atoms with E-state index in [1.54, 1.807) is 6.08 Å². The normalized spacial score (nSPS) is 15.8. The predicted molar refractivity (Wildman–Crippen MR) is 48.1 cm³/mol. The third kappa shape index (κ3) is 2.87. The lowest BCUT2D eigenvalue weighted by molar-refractivity contribution is 0.576. The van der Waals surface area contributed by atoms with Gasteiger partial charge in [-0.05, 0) is 19.4 Å². The van der Waals surface area contributed by atoms with Gasteiger partial charge < -0.3 is 0 Å². The van der Waals surface area contributed by atoms with Gasteiger partial charge in [-0.25, -0.2) is 4.39 Å². The van der Waals surface area contributed by atoms with Crippen LogP contribution in [0.2, 0.25) is 0 Å². The Hall–Kier alpha value is -1.10. The van der Waals surface area contributed by atoms with E-state index in [0.29, 0.717) is 6.42 Å². The average Bonchev–Trinajstić information content (AvgIpc) is 2.13. The van der Waals surface area contributed by atoms with E-state index in [1.807, 2.05) is 26.8 Å². The summed E-state index contributed by atoms with van der Waals surface area (Å²) in [6.45, 7) is 5.91. The summed E-state index contributed by atoms with van der Waals surface area (Å²) in [5, 5.41) is 8.39. The van der Waals surface area contributed by atoms with Crippen LogP contribution in [-0.2, 0) is 0 Å². The van der Waals surface area contributed by atoms with Gasteiger partial charge >= 0.3 is 0 Å². The van der Waals surface area contributed by atoms with E-state index in [9.17, 15) is 4.39 Å². The van der Waals surface area contributed by atoms with E-state index in [4.69, 9.17) is 5.26 Å². The van der Waals surface area contributed by atoms with Gasteiger partial charge in [0.25, 0.3) is 0 Å². The van der Waals surface area contributed by atoms with Crippen molar-refractivity contribution in [3.63, 3.8) is 0 Å². The van der Waals surface area contributed by atoms with E-state index < -0.39 is 0 Å². The first-order valence-electron chi connectivity index (χ1n) is 4.20. The van der Waals surface area contributed by atoms with Crippen LogP contribution in [0, 0.1) is 11.3 Å². The Morgan fingerprint density at radius 3 is 2.42 bits per heavy atom.